The van der Waals surface area contributed by atoms with Crippen LogP contribution in [-0.2, 0) is 17.8 Å². The van der Waals surface area contributed by atoms with Crippen LogP contribution in [0.2, 0.25) is 0 Å². The van der Waals surface area contributed by atoms with Crippen molar-refractivity contribution >= 4 is 23.6 Å². The summed E-state index contributed by atoms with van der Waals surface area (Å²) in [6.07, 6.45) is 2.43. The molecule has 1 aromatic heterocycles. The first-order valence-electron chi connectivity index (χ1n) is 8.54. The van der Waals surface area contributed by atoms with Gasteiger partial charge in [0.05, 0.1) is 0 Å². The van der Waals surface area contributed by atoms with Crippen molar-refractivity contribution in [1.82, 2.24) is 20.2 Å². The molecule has 7 nitrogen and oxygen atoms in total. The van der Waals surface area contributed by atoms with Gasteiger partial charge < -0.3 is 15.2 Å². The van der Waals surface area contributed by atoms with Crippen molar-refractivity contribution in [3.63, 3.8) is 0 Å². The third-order valence-corrected chi connectivity index (χ3v) is 4.85. The van der Waals surface area contributed by atoms with E-state index in [1.165, 1.54) is 11.8 Å². The van der Waals surface area contributed by atoms with E-state index in [-0.39, 0.29) is 23.8 Å². The van der Waals surface area contributed by atoms with E-state index >= 15 is 0 Å². The van der Waals surface area contributed by atoms with Gasteiger partial charge in [0.15, 0.2) is 5.16 Å². The van der Waals surface area contributed by atoms with Crippen LogP contribution in [0.1, 0.15) is 33.6 Å². The van der Waals surface area contributed by atoms with Gasteiger partial charge in [-0.05, 0) is 37.3 Å². The summed E-state index contributed by atoms with van der Waals surface area (Å²) in [6.45, 7) is 2.22. The lowest BCUT2D eigenvalue weighted by Crippen LogP contribution is -2.27. The number of nitrogens with zero attached hydrogens (tertiary/aromatic N) is 2. The first kappa shape index (κ1) is 20.7. The van der Waals surface area contributed by atoms with E-state index in [1.807, 2.05) is 18.4 Å². The SMILES string of the molecule is CNC(=O)c1ccc(CN(C)C(=O)CCc2c(C)nc(SC)[nH]c2=O)cc1. The third kappa shape index (κ3) is 5.43. The molecule has 27 heavy (non-hydrogen) atoms. The molecule has 0 aliphatic heterocycles. The van der Waals surface area contributed by atoms with Crippen LogP contribution < -0.4 is 10.9 Å². The van der Waals surface area contributed by atoms with Gasteiger partial charge in [-0.1, -0.05) is 23.9 Å². The lowest BCUT2D eigenvalue weighted by Gasteiger charge is -2.17. The molecule has 2 N–H and O–H groups in total. The Kier molecular flexibility index (Phi) is 7.18. The highest BCUT2D eigenvalue weighted by Gasteiger charge is 2.14. The molecule has 8 heteroatoms. The fourth-order valence-electron chi connectivity index (χ4n) is 2.67. The number of rotatable bonds is 7. The normalized spacial score (nSPS) is 10.5. The maximum Gasteiger partial charge on any atom is 0.254 e. The van der Waals surface area contributed by atoms with Gasteiger partial charge in [-0.25, -0.2) is 4.98 Å². The van der Waals surface area contributed by atoms with E-state index in [2.05, 4.69) is 15.3 Å². The van der Waals surface area contributed by atoms with Crippen LogP contribution in [0, 0.1) is 6.92 Å². The van der Waals surface area contributed by atoms with E-state index in [9.17, 15) is 14.4 Å². The summed E-state index contributed by atoms with van der Waals surface area (Å²) in [5, 5.41) is 3.14. The predicted molar refractivity (Wildman–Crippen MR) is 106 cm³/mol. The Balaban J connectivity index is 1.96. The number of amides is 2. The van der Waals surface area contributed by atoms with Crippen LogP contribution in [0.3, 0.4) is 0 Å². The molecule has 0 bridgehead atoms. The molecule has 0 atom stereocenters. The monoisotopic (exact) mass is 388 g/mol. The van der Waals surface area contributed by atoms with Crippen molar-refractivity contribution in [2.75, 3.05) is 20.4 Å². The molecule has 0 saturated carbocycles. The molecule has 0 spiro atoms. The Morgan fingerprint density at radius 1 is 1.26 bits per heavy atom. The number of H-pyrrole nitrogens is 1. The van der Waals surface area contributed by atoms with Gasteiger partial charge in [-0.2, -0.15) is 0 Å². The number of aromatic amines is 1. The lowest BCUT2D eigenvalue weighted by molar-refractivity contribution is -0.130. The minimum atomic E-state index is -0.188. The Morgan fingerprint density at radius 3 is 2.48 bits per heavy atom. The minimum absolute atomic E-state index is 0.0573. The Bertz CT molecular complexity index is 878. The highest BCUT2D eigenvalue weighted by molar-refractivity contribution is 7.98. The third-order valence-electron chi connectivity index (χ3n) is 4.27. The van der Waals surface area contributed by atoms with Crippen molar-refractivity contribution in [3.8, 4) is 0 Å². The average molecular weight is 388 g/mol. The number of nitrogens with one attached hydrogen (secondary N) is 2. The standard InChI is InChI=1S/C19H24N4O3S/c1-12-15(18(26)22-19(21-12)27-4)9-10-16(24)23(3)11-13-5-7-14(8-6-13)17(25)20-2/h5-8H,9-11H2,1-4H3,(H,20,25)(H,21,22,26). The fraction of sp³-hybridized carbons (Fsp3) is 0.368. The van der Waals surface area contributed by atoms with Crippen LogP contribution in [-0.4, -0.2) is 47.0 Å². The zero-order chi connectivity index (χ0) is 20.0. The summed E-state index contributed by atoms with van der Waals surface area (Å²) in [7, 11) is 3.31. The Labute approximate surface area is 162 Å². The molecular weight excluding hydrogens is 364 g/mol. The molecule has 2 aromatic rings. The van der Waals surface area contributed by atoms with Crippen molar-refractivity contribution < 1.29 is 9.59 Å². The lowest BCUT2D eigenvalue weighted by atomic mass is 10.1. The number of hydrogen-bond acceptors (Lipinski definition) is 5. The molecule has 1 heterocycles. The Morgan fingerprint density at radius 2 is 1.93 bits per heavy atom. The molecule has 0 aliphatic carbocycles. The molecule has 0 saturated heterocycles. The van der Waals surface area contributed by atoms with Crippen molar-refractivity contribution in [2.45, 2.75) is 31.5 Å². The number of carbonyl (C=O) groups excluding carboxylic acids is 2. The molecular formula is C19H24N4O3S. The molecule has 2 rings (SSSR count). The van der Waals surface area contributed by atoms with Crippen molar-refractivity contribution in [3.05, 3.63) is 57.0 Å². The molecule has 0 unspecified atom stereocenters. The maximum absolute atomic E-state index is 12.4. The quantitative estimate of drug-likeness (QED) is 0.557. The second-order valence-corrected chi connectivity index (χ2v) is 6.96. The average Bonchev–Trinajstić information content (AvgIpc) is 2.66. The molecule has 0 radical (unpaired) electrons. The van der Waals surface area contributed by atoms with E-state index in [1.54, 1.807) is 38.1 Å². The number of thioether (sulfide) groups is 1. The molecule has 144 valence electrons. The van der Waals surface area contributed by atoms with E-state index < -0.39 is 0 Å². The van der Waals surface area contributed by atoms with Gasteiger partial charge in [-0.15, -0.1) is 0 Å². The summed E-state index contributed by atoms with van der Waals surface area (Å²) in [5.74, 6) is -0.203. The molecule has 2 amide bonds. The highest BCUT2D eigenvalue weighted by atomic mass is 32.2. The summed E-state index contributed by atoms with van der Waals surface area (Å²) < 4.78 is 0. The smallest absolute Gasteiger partial charge is 0.254 e. The van der Waals surface area contributed by atoms with Gasteiger partial charge in [-0.3, -0.25) is 14.4 Å². The predicted octanol–water partition coefficient (Wildman–Crippen LogP) is 1.75. The van der Waals surface area contributed by atoms with E-state index in [0.717, 1.165) is 5.56 Å². The van der Waals surface area contributed by atoms with Crippen LogP contribution in [0.25, 0.3) is 0 Å². The topological polar surface area (TPSA) is 95.2 Å². The number of aryl methyl sites for hydroxylation is 1. The zero-order valence-electron chi connectivity index (χ0n) is 16.0. The molecule has 0 fully saturated rings. The van der Waals surface area contributed by atoms with Crippen LogP contribution in [0.4, 0.5) is 0 Å². The highest BCUT2D eigenvalue weighted by Crippen LogP contribution is 2.11. The second-order valence-electron chi connectivity index (χ2n) is 6.17. The molecule has 1 aromatic carbocycles. The maximum atomic E-state index is 12.4. The van der Waals surface area contributed by atoms with Gasteiger partial charge in [0.25, 0.3) is 11.5 Å². The van der Waals surface area contributed by atoms with E-state index in [4.69, 9.17) is 0 Å². The van der Waals surface area contributed by atoms with Crippen molar-refractivity contribution in [2.24, 2.45) is 0 Å². The zero-order valence-corrected chi connectivity index (χ0v) is 16.8. The number of carbonyl (C=O) groups is 2. The summed E-state index contributed by atoms with van der Waals surface area (Å²) in [6, 6.07) is 7.12. The summed E-state index contributed by atoms with van der Waals surface area (Å²) in [4.78, 5) is 44.8. The number of hydrogen-bond donors (Lipinski definition) is 2. The van der Waals surface area contributed by atoms with Gasteiger partial charge in [0, 0.05) is 43.9 Å². The number of benzene rings is 1. The van der Waals surface area contributed by atoms with Gasteiger partial charge in [0.2, 0.25) is 5.91 Å². The van der Waals surface area contributed by atoms with Crippen LogP contribution >= 0.6 is 11.8 Å². The van der Waals surface area contributed by atoms with E-state index in [0.29, 0.717) is 34.9 Å². The van der Waals surface area contributed by atoms with Crippen LogP contribution in [0.5, 0.6) is 0 Å². The number of aromatic nitrogens is 2. The van der Waals surface area contributed by atoms with Gasteiger partial charge >= 0.3 is 0 Å². The second kappa shape index (κ2) is 9.36. The Hall–Kier alpha value is -2.61. The first-order chi connectivity index (χ1) is 12.8. The summed E-state index contributed by atoms with van der Waals surface area (Å²) >= 11 is 1.37. The van der Waals surface area contributed by atoms with Crippen molar-refractivity contribution in [1.29, 1.82) is 0 Å². The van der Waals surface area contributed by atoms with Crippen LogP contribution in [0.15, 0.2) is 34.2 Å². The fourth-order valence-corrected chi connectivity index (χ4v) is 3.09. The molecule has 0 aliphatic rings. The minimum Gasteiger partial charge on any atom is -0.355 e. The summed E-state index contributed by atoms with van der Waals surface area (Å²) in [5.41, 5.74) is 2.52. The van der Waals surface area contributed by atoms with Gasteiger partial charge in [0.1, 0.15) is 0 Å². The largest absolute Gasteiger partial charge is 0.355 e. The first-order valence-corrected chi connectivity index (χ1v) is 9.77.